The van der Waals surface area contributed by atoms with Gasteiger partial charge in [-0.15, -0.1) is 0 Å². The number of aromatic hydroxyl groups is 1. The first-order valence-corrected chi connectivity index (χ1v) is 6.36. The molecule has 0 radical (unpaired) electrons. The van der Waals surface area contributed by atoms with Crippen LogP contribution >= 0.6 is 0 Å². The van der Waals surface area contributed by atoms with Crippen molar-refractivity contribution >= 4 is 17.3 Å². The minimum absolute atomic E-state index is 0.119. The van der Waals surface area contributed by atoms with Gasteiger partial charge < -0.3 is 16.2 Å². The number of carbonyl (C=O) groups excluding carboxylic acids is 1. The van der Waals surface area contributed by atoms with Crippen molar-refractivity contribution in [2.24, 2.45) is 0 Å². The Labute approximate surface area is 118 Å². The van der Waals surface area contributed by atoms with Crippen molar-refractivity contribution in [3.05, 3.63) is 54.1 Å². The molecule has 4 heteroatoms. The van der Waals surface area contributed by atoms with Gasteiger partial charge in [-0.05, 0) is 43.7 Å². The Hall–Kier alpha value is -2.49. The van der Waals surface area contributed by atoms with Gasteiger partial charge in [0.1, 0.15) is 5.75 Å². The zero-order valence-corrected chi connectivity index (χ0v) is 11.6. The minimum Gasteiger partial charge on any atom is -0.508 e. The molecule has 0 heterocycles. The molecule has 0 aliphatic heterocycles. The molecule has 2 rings (SSSR count). The number of nitrogen functional groups attached to an aromatic ring is 1. The van der Waals surface area contributed by atoms with Crippen LogP contribution in [0.2, 0.25) is 0 Å². The standard InChI is InChI=1S/C16H18N2O2/c1-16(2,11-6-8-12(17)9-7-11)15(20)18-13-4-3-5-14(19)10-13/h3-10,19H,17H2,1-2H3,(H,18,20). The van der Waals surface area contributed by atoms with E-state index >= 15 is 0 Å². The zero-order valence-electron chi connectivity index (χ0n) is 11.6. The lowest BCUT2D eigenvalue weighted by molar-refractivity contribution is -0.120. The van der Waals surface area contributed by atoms with Crippen LogP contribution in [-0.4, -0.2) is 11.0 Å². The summed E-state index contributed by atoms with van der Waals surface area (Å²) in [7, 11) is 0. The average molecular weight is 270 g/mol. The van der Waals surface area contributed by atoms with Crippen molar-refractivity contribution in [1.29, 1.82) is 0 Å². The van der Waals surface area contributed by atoms with Crippen molar-refractivity contribution in [3.63, 3.8) is 0 Å². The molecule has 0 aromatic heterocycles. The van der Waals surface area contributed by atoms with Gasteiger partial charge in [0.2, 0.25) is 5.91 Å². The van der Waals surface area contributed by atoms with Crippen LogP contribution in [-0.2, 0) is 10.2 Å². The first-order valence-electron chi connectivity index (χ1n) is 6.36. The molecule has 4 nitrogen and oxygen atoms in total. The number of hydrogen-bond donors (Lipinski definition) is 3. The molecule has 0 atom stereocenters. The summed E-state index contributed by atoms with van der Waals surface area (Å²) in [4.78, 5) is 12.4. The molecule has 0 saturated heterocycles. The average Bonchev–Trinajstić information content (AvgIpc) is 2.39. The van der Waals surface area contributed by atoms with E-state index in [2.05, 4.69) is 5.32 Å². The van der Waals surface area contributed by atoms with Gasteiger partial charge in [-0.1, -0.05) is 18.2 Å². The van der Waals surface area contributed by atoms with Gasteiger partial charge in [-0.3, -0.25) is 4.79 Å². The Balaban J connectivity index is 2.21. The Bertz CT molecular complexity index is 619. The van der Waals surface area contributed by atoms with Gasteiger partial charge in [0, 0.05) is 17.4 Å². The lowest BCUT2D eigenvalue weighted by Gasteiger charge is -2.24. The predicted molar refractivity (Wildman–Crippen MR) is 80.6 cm³/mol. The molecule has 0 aliphatic carbocycles. The maximum absolute atomic E-state index is 12.4. The molecule has 0 aliphatic rings. The second-order valence-electron chi connectivity index (χ2n) is 5.25. The number of rotatable bonds is 3. The van der Waals surface area contributed by atoms with Crippen molar-refractivity contribution in [3.8, 4) is 5.75 Å². The lowest BCUT2D eigenvalue weighted by Crippen LogP contribution is -2.34. The van der Waals surface area contributed by atoms with Gasteiger partial charge >= 0.3 is 0 Å². The first kappa shape index (κ1) is 13.9. The third-order valence-electron chi connectivity index (χ3n) is 3.30. The molecule has 0 saturated carbocycles. The largest absolute Gasteiger partial charge is 0.508 e. The van der Waals surface area contributed by atoms with Crippen LogP contribution in [0.5, 0.6) is 5.75 Å². The highest BCUT2D eigenvalue weighted by Crippen LogP contribution is 2.26. The van der Waals surface area contributed by atoms with E-state index in [-0.39, 0.29) is 11.7 Å². The van der Waals surface area contributed by atoms with E-state index < -0.39 is 5.41 Å². The molecule has 4 N–H and O–H groups in total. The number of carbonyl (C=O) groups is 1. The van der Waals surface area contributed by atoms with E-state index in [4.69, 9.17) is 5.73 Å². The Morgan fingerprint density at radius 1 is 1.15 bits per heavy atom. The Morgan fingerprint density at radius 3 is 2.40 bits per heavy atom. The van der Waals surface area contributed by atoms with Crippen LogP contribution in [0.1, 0.15) is 19.4 Å². The number of hydrogen-bond acceptors (Lipinski definition) is 3. The SMILES string of the molecule is CC(C)(C(=O)Nc1cccc(O)c1)c1ccc(N)cc1. The summed E-state index contributed by atoms with van der Waals surface area (Å²) in [5, 5.41) is 12.2. The number of anilines is 2. The lowest BCUT2D eigenvalue weighted by atomic mass is 9.83. The fourth-order valence-corrected chi connectivity index (χ4v) is 1.90. The summed E-state index contributed by atoms with van der Waals surface area (Å²) in [5.41, 5.74) is 7.07. The highest BCUT2D eigenvalue weighted by molar-refractivity contribution is 5.98. The maximum Gasteiger partial charge on any atom is 0.234 e. The van der Waals surface area contributed by atoms with Crippen LogP contribution in [0.15, 0.2) is 48.5 Å². The van der Waals surface area contributed by atoms with E-state index in [0.717, 1.165) is 5.56 Å². The molecule has 1 amide bonds. The Morgan fingerprint density at radius 2 is 1.80 bits per heavy atom. The van der Waals surface area contributed by atoms with Gasteiger partial charge in [-0.2, -0.15) is 0 Å². The summed E-state index contributed by atoms with van der Waals surface area (Å²) >= 11 is 0. The maximum atomic E-state index is 12.4. The topological polar surface area (TPSA) is 75.3 Å². The summed E-state index contributed by atoms with van der Waals surface area (Å²) in [6.07, 6.45) is 0. The van der Waals surface area contributed by atoms with E-state index in [9.17, 15) is 9.90 Å². The zero-order chi connectivity index (χ0) is 14.8. The third-order valence-corrected chi connectivity index (χ3v) is 3.30. The monoisotopic (exact) mass is 270 g/mol. The van der Waals surface area contributed by atoms with Gasteiger partial charge in [0.15, 0.2) is 0 Å². The molecular formula is C16H18N2O2. The number of benzene rings is 2. The quantitative estimate of drug-likeness (QED) is 0.751. The molecule has 2 aromatic carbocycles. The molecule has 0 bridgehead atoms. The number of phenolic OH excluding ortho intramolecular Hbond substituents is 1. The van der Waals surface area contributed by atoms with Crippen LogP contribution in [0.4, 0.5) is 11.4 Å². The third kappa shape index (κ3) is 2.91. The van der Waals surface area contributed by atoms with Crippen molar-refractivity contribution in [2.75, 3.05) is 11.1 Å². The van der Waals surface area contributed by atoms with Crippen molar-refractivity contribution in [1.82, 2.24) is 0 Å². The first-order chi connectivity index (χ1) is 9.39. The fraction of sp³-hybridized carbons (Fsp3) is 0.188. The summed E-state index contributed by atoms with van der Waals surface area (Å²) in [6.45, 7) is 3.69. The molecule has 0 spiro atoms. The van der Waals surface area contributed by atoms with Crippen molar-refractivity contribution < 1.29 is 9.90 Å². The van der Waals surface area contributed by atoms with E-state index in [1.807, 2.05) is 26.0 Å². The predicted octanol–water partition coefficient (Wildman–Crippen LogP) is 2.89. The van der Waals surface area contributed by atoms with E-state index in [1.165, 1.54) is 6.07 Å². The van der Waals surface area contributed by atoms with E-state index in [1.54, 1.807) is 30.3 Å². The highest BCUT2D eigenvalue weighted by atomic mass is 16.3. The summed E-state index contributed by atoms with van der Waals surface area (Å²) in [5.74, 6) is -0.0269. The molecule has 0 unspecified atom stereocenters. The van der Waals surface area contributed by atoms with Crippen LogP contribution in [0, 0.1) is 0 Å². The van der Waals surface area contributed by atoms with Gasteiger partial charge in [0.05, 0.1) is 5.41 Å². The Kier molecular flexibility index (Phi) is 3.66. The van der Waals surface area contributed by atoms with Crippen LogP contribution in [0.3, 0.4) is 0 Å². The van der Waals surface area contributed by atoms with Crippen molar-refractivity contribution in [2.45, 2.75) is 19.3 Å². The van der Waals surface area contributed by atoms with E-state index in [0.29, 0.717) is 11.4 Å². The second-order valence-corrected chi connectivity index (χ2v) is 5.25. The molecule has 2 aromatic rings. The molecule has 0 fully saturated rings. The normalized spacial score (nSPS) is 11.1. The van der Waals surface area contributed by atoms with Crippen LogP contribution < -0.4 is 11.1 Å². The van der Waals surface area contributed by atoms with Gasteiger partial charge in [-0.25, -0.2) is 0 Å². The minimum atomic E-state index is -0.695. The highest BCUT2D eigenvalue weighted by Gasteiger charge is 2.29. The fourth-order valence-electron chi connectivity index (χ4n) is 1.90. The molecular weight excluding hydrogens is 252 g/mol. The van der Waals surface area contributed by atoms with Gasteiger partial charge in [0.25, 0.3) is 0 Å². The number of amides is 1. The number of phenols is 1. The second kappa shape index (κ2) is 5.25. The molecule has 104 valence electrons. The number of nitrogens with one attached hydrogen (secondary N) is 1. The summed E-state index contributed by atoms with van der Waals surface area (Å²) < 4.78 is 0. The smallest absolute Gasteiger partial charge is 0.234 e. The van der Waals surface area contributed by atoms with Crippen LogP contribution in [0.25, 0.3) is 0 Å². The molecule has 20 heavy (non-hydrogen) atoms. The summed E-state index contributed by atoms with van der Waals surface area (Å²) in [6, 6.07) is 13.7. The number of nitrogens with two attached hydrogens (primary N) is 1.